The van der Waals surface area contributed by atoms with E-state index in [1.54, 1.807) is 23.0 Å². The van der Waals surface area contributed by atoms with E-state index in [9.17, 15) is 4.39 Å². The molecule has 7 heteroatoms. The lowest BCUT2D eigenvalue weighted by atomic mass is 10.2. The summed E-state index contributed by atoms with van der Waals surface area (Å²) in [5.41, 5.74) is 3.02. The van der Waals surface area contributed by atoms with Crippen LogP contribution >= 0.6 is 0 Å². The second kappa shape index (κ2) is 7.51. The maximum Gasteiger partial charge on any atom is 0.202 e. The van der Waals surface area contributed by atoms with Crippen LogP contribution in [0, 0.1) is 12.7 Å². The van der Waals surface area contributed by atoms with Gasteiger partial charge < -0.3 is 0 Å². The van der Waals surface area contributed by atoms with Gasteiger partial charge in [0.1, 0.15) is 17.3 Å². The van der Waals surface area contributed by atoms with Crippen LogP contribution in [0.25, 0.3) is 22.6 Å². The summed E-state index contributed by atoms with van der Waals surface area (Å²) in [6, 6.07) is 20.6. The van der Waals surface area contributed by atoms with Crippen LogP contribution < -0.4 is 0 Å². The van der Waals surface area contributed by atoms with E-state index in [1.807, 2.05) is 48.0 Å². The van der Waals surface area contributed by atoms with Gasteiger partial charge in [-0.15, -0.1) is 5.10 Å². The summed E-state index contributed by atoms with van der Waals surface area (Å²) in [6.07, 6.45) is 1.71. The van der Waals surface area contributed by atoms with Crippen LogP contribution in [-0.4, -0.2) is 29.5 Å². The molecule has 148 valence electrons. The average Bonchev–Trinajstić information content (AvgIpc) is 3.31. The number of rotatable bonds is 5. The molecule has 0 N–H and O–H groups in total. The molecule has 0 atom stereocenters. The number of halogens is 1. The second-order valence-corrected chi connectivity index (χ2v) is 7.10. The summed E-state index contributed by atoms with van der Waals surface area (Å²) in [6.45, 7) is 2.84. The van der Waals surface area contributed by atoms with Crippen molar-refractivity contribution in [2.75, 3.05) is 0 Å². The third-order valence-corrected chi connectivity index (χ3v) is 5.03. The van der Waals surface area contributed by atoms with Gasteiger partial charge in [0, 0.05) is 11.8 Å². The lowest BCUT2D eigenvalue weighted by molar-refractivity contribution is 0.589. The molecule has 0 radical (unpaired) electrons. The Hall–Kier alpha value is -3.87. The molecule has 0 saturated heterocycles. The maximum absolute atomic E-state index is 14.2. The van der Waals surface area contributed by atoms with Gasteiger partial charge >= 0.3 is 0 Å². The van der Waals surface area contributed by atoms with Gasteiger partial charge in [-0.2, -0.15) is 5.10 Å². The van der Waals surface area contributed by atoms with Gasteiger partial charge in [-0.05, 0) is 30.7 Å². The Labute approximate surface area is 172 Å². The molecule has 0 aliphatic carbocycles. The Kier molecular flexibility index (Phi) is 4.55. The molecule has 6 nitrogen and oxygen atoms in total. The molecule has 0 spiro atoms. The molecule has 0 amide bonds. The van der Waals surface area contributed by atoms with Crippen LogP contribution in [0.1, 0.15) is 17.0 Å². The van der Waals surface area contributed by atoms with Gasteiger partial charge in [-0.3, -0.25) is 0 Å². The van der Waals surface area contributed by atoms with E-state index in [4.69, 9.17) is 10.2 Å². The fraction of sp³-hybridized carbons (Fsp3) is 0.130. The summed E-state index contributed by atoms with van der Waals surface area (Å²) in [7, 11) is 0. The van der Waals surface area contributed by atoms with E-state index in [0.29, 0.717) is 29.3 Å². The second-order valence-electron chi connectivity index (χ2n) is 7.10. The molecule has 0 bridgehead atoms. The Bertz CT molecular complexity index is 1320. The van der Waals surface area contributed by atoms with Gasteiger partial charge in [0.25, 0.3) is 0 Å². The number of fused-ring (bicyclic) bond motifs is 1. The number of hydrogen-bond donors (Lipinski definition) is 0. The van der Waals surface area contributed by atoms with E-state index >= 15 is 0 Å². The van der Waals surface area contributed by atoms with Crippen LogP contribution in [0.4, 0.5) is 4.39 Å². The van der Waals surface area contributed by atoms with E-state index in [0.717, 1.165) is 16.8 Å². The monoisotopic (exact) mass is 398 g/mol. The van der Waals surface area contributed by atoms with Crippen LogP contribution in [-0.2, 0) is 13.1 Å². The van der Waals surface area contributed by atoms with Gasteiger partial charge in [-0.1, -0.05) is 48.5 Å². The van der Waals surface area contributed by atoms with Crippen LogP contribution in [0.2, 0.25) is 0 Å². The first-order valence-electron chi connectivity index (χ1n) is 9.70. The minimum absolute atomic E-state index is 0.264. The van der Waals surface area contributed by atoms with E-state index < -0.39 is 0 Å². The summed E-state index contributed by atoms with van der Waals surface area (Å²) in [5, 5.41) is 10.2. The van der Waals surface area contributed by atoms with Crippen molar-refractivity contribution >= 4 is 11.0 Å². The zero-order chi connectivity index (χ0) is 20.5. The van der Waals surface area contributed by atoms with Crippen molar-refractivity contribution in [3.8, 4) is 11.5 Å². The van der Waals surface area contributed by atoms with E-state index in [-0.39, 0.29) is 12.4 Å². The molecular formula is C23H19FN6. The molecule has 0 unspecified atom stereocenters. The Morgan fingerprint density at radius 3 is 2.47 bits per heavy atom. The minimum atomic E-state index is -0.264. The molecule has 0 aliphatic rings. The topological polar surface area (TPSA) is 61.4 Å². The van der Waals surface area contributed by atoms with Crippen LogP contribution in [0.5, 0.6) is 0 Å². The number of aromatic nitrogens is 6. The standard InChI is InChI=1S/C23H19FN6/c1-16-26-22(28-29(16)14-17-8-3-2-4-9-17)21-19-11-7-13-25-23(19)30(27-21)15-18-10-5-6-12-20(18)24/h2-13H,14-15H2,1H3. The first-order valence-corrected chi connectivity index (χ1v) is 9.70. The largest absolute Gasteiger partial charge is 0.245 e. The fourth-order valence-corrected chi connectivity index (χ4v) is 3.50. The molecule has 3 aromatic heterocycles. The smallest absolute Gasteiger partial charge is 0.202 e. The first kappa shape index (κ1) is 18.2. The quantitative estimate of drug-likeness (QED) is 0.444. The predicted octanol–water partition coefficient (Wildman–Crippen LogP) is 4.23. The summed E-state index contributed by atoms with van der Waals surface area (Å²) >= 11 is 0. The third-order valence-electron chi connectivity index (χ3n) is 5.03. The Balaban J connectivity index is 1.55. The lowest BCUT2D eigenvalue weighted by Crippen LogP contribution is -2.05. The van der Waals surface area contributed by atoms with Crippen molar-refractivity contribution in [2.45, 2.75) is 20.0 Å². The van der Waals surface area contributed by atoms with Crippen LogP contribution in [0.3, 0.4) is 0 Å². The average molecular weight is 398 g/mol. The van der Waals surface area contributed by atoms with Gasteiger partial charge in [0.2, 0.25) is 5.82 Å². The fourth-order valence-electron chi connectivity index (χ4n) is 3.50. The van der Waals surface area contributed by atoms with Crippen LogP contribution in [0.15, 0.2) is 72.9 Å². The Morgan fingerprint density at radius 1 is 0.833 bits per heavy atom. The lowest BCUT2D eigenvalue weighted by Gasteiger charge is -2.04. The van der Waals surface area contributed by atoms with Gasteiger partial charge in [0.15, 0.2) is 5.65 Å². The van der Waals surface area contributed by atoms with Crippen molar-refractivity contribution in [1.29, 1.82) is 0 Å². The number of nitrogens with zero attached hydrogens (tertiary/aromatic N) is 6. The SMILES string of the molecule is Cc1nc(-c2nn(Cc3ccccc3F)c3ncccc23)nn1Cc1ccccc1. The molecule has 5 aromatic rings. The highest BCUT2D eigenvalue weighted by Crippen LogP contribution is 2.25. The highest BCUT2D eigenvalue weighted by Gasteiger charge is 2.19. The number of aryl methyl sites for hydroxylation is 1. The summed E-state index contributed by atoms with van der Waals surface area (Å²) in [4.78, 5) is 9.11. The van der Waals surface area contributed by atoms with Crippen molar-refractivity contribution in [2.24, 2.45) is 0 Å². The number of pyridine rings is 1. The highest BCUT2D eigenvalue weighted by molar-refractivity contribution is 5.89. The zero-order valence-corrected chi connectivity index (χ0v) is 16.4. The minimum Gasteiger partial charge on any atom is -0.245 e. The molecule has 0 fully saturated rings. The molecule has 5 rings (SSSR count). The summed E-state index contributed by atoms with van der Waals surface area (Å²) in [5.74, 6) is 1.07. The molecule has 30 heavy (non-hydrogen) atoms. The van der Waals surface area contributed by atoms with E-state index in [2.05, 4.69) is 22.1 Å². The van der Waals surface area contributed by atoms with Crippen molar-refractivity contribution < 1.29 is 4.39 Å². The van der Waals surface area contributed by atoms with Crippen molar-refractivity contribution in [3.63, 3.8) is 0 Å². The molecule has 0 saturated carbocycles. The third kappa shape index (κ3) is 3.34. The Morgan fingerprint density at radius 2 is 1.63 bits per heavy atom. The molecular weight excluding hydrogens is 379 g/mol. The normalized spacial score (nSPS) is 11.3. The van der Waals surface area contributed by atoms with E-state index in [1.165, 1.54) is 6.07 Å². The van der Waals surface area contributed by atoms with Crippen molar-refractivity contribution in [3.05, 3.63) is 95.7 Å². The zero-order valence-electron chi connectivity index (χ0n) is 16.4. The van der Waals surface area contributed by atoms with Gasteiger partial charge in [-0.25, -0.2) is 23.7 Å². The first-order chi connectivity index (χ1) is 14.7. The summed E-state index contributed by atoms with van der Waals surface area (Å²) < 4.78 is 17.7. The number of hydrogen-bond acceptors (Lipinski definition) is 4. The van der Waals surface area contributed by atoms with Crippen molar-refractivity contribution in [1.82, 2.24) is 29.5 Å². The highest BCUT2D eigenvalue weighted by atomic mass is 19.1. The predicted molar refractivity (Wildman–Crippen MR) is 112 cm³/mol. The van der Waals surface area contributed by atoms with Gasteiger partial charge in [0.05, 0.1) is 18.5 Å². The number of benzene rings is 2. The molecule has 0 aliphatic heterocycles. The molecule has 3 heterocycles. The maximum atomic E-state index is 14.2. The molecule has 2 aromatic carbocycles.